The summed E-state index contributed by atoms with van der Waals surface area (Å²) in [4.78, 5) is 24.7. The molecule has 0 aliphatic heterocycles. The van der Waals surface area contributed by atoms with Gasteiger partial charge in [-0.05, 0) is 74.3 Å². The van der Waals surface area contributed by atoms with E-state index in [0.717, 1.165) is 23.3 Å². The molecule has 3 N–H and O–H groups in total. The molecule has 178 valence electrons. The predicted octanol–water partition coefficient (Wildman–Crippen LogP) is 5.60. The summed E-state index contributed by atoms with van der Waals surface area (Å²) in [6.07, 6.45) is 1.40. The molecule has 2 rings (SSSR count). The summed E-state index contributed by atoms with van der Waals surface area (Å²) in [5.41, 5.74) is 2.99. The highest BCUT2D eigenvalue weighted by Gasteiger charge is 2.28. The lowest BCUT2D eigenvalue weighted by atomic mass is 9.87. The molecular formula is C26H35N3O3S. The monoisotopic (exact) mass is 469 g/mol. The first-order valence-electron chi connectivity index (χ1n) is 11.2. The normalized spacial score (nSPS) is 11.1. The molecule has 0 aliphatic rings. The number of anilines is 2. The van der Waals surface area contributed by atoms with Crippen LogP contribution in [0.1, 0.15) is 51.7 Å². The van der Waals surface area contributed by atoms with Crippen LogP contribution in [0.3, 0.4) is 0 Å². The molecular weight excluding hydrogens is 434 g/mol. The Hall–Kier alpha value is -2.93. The number of carbonyl (C=O) groups excluding carboxylic acids is 2. The Bertz CT molecular complexity index is 1000. The van der Waals surface area contributed by atoms with Crippen molar-refractivity contribution in [2.45, 2.75) is 54.4 Å². The van der Waals surface area contributed by atoms with Gasteiger partial charge in [-0.1, -0.05) is 45.9 Å². The maximum Gasteiger partial charge on any atom is 0.231 e. The highest BCUT2D eigenvalue weighted by Crippen LogP contribution is 2.24. The number of nitrogens with one attached hydrogen (secondary N) is 3. The van der Waals surface area contributed by atoms with Crippen LogP contribution < -0.4 is 20.7 Å². The van der Waals surface area contributed by atoms with E-state index in [0.29, 0.717) is 24.4 Å². The average Bonchev–Trinajstić information content (AvgIpc) is 2.73. The van der Waals surface area contributed by atoms with Gasteiger partial charge in [-0.3, -0.25) is 9.59 Å². The molecule has 0 saturated heterocycles. The highest BCUT2D eigenvalue weighted by atomic mass is 32.1. The van der Waals surface area contributed by atoms with Gasteiger partial charge in [-0.2, -0.15) is 0 Å². The Morgan fingerprint density at radius 1 is 1.03 bits per heavy atom. The first-order chi connectivity index (χ1) is 15.5. The zero-order valence-electron chi connectivity index (χ0n) is 20.4. The van der Waals surface area contributed by atoms with E-state index in [4.69, 9.17) is 17.0 Å². The Labute approximate surface area is 202 Å². The van der Waals surface area contributed by atoms with E-state index in [2.05, 4.69) is 22.0 Å². The van der Waals surface area contributed by atoms with Gasteiger partial charge in [0.25, 0.3) is 0 Å². The molecule has 0 fully saturated rings. The Morgan fingerprint density at radius 2 is 1.70 bits per heavy atom. The van der Waals surface area contributed by atoms with E-state index < -0.39 is 5.41 Å². The minimum atomic E-state index is -0.607. The molecule has 2 amide bonds. The fourth-order valence-electron chi connectivity index (χ4n) is 3.07. The Kier molecular flexibility index (Phi) is 9.41. The lowest BCUT2D eigenvalue weighted by Crippen LogP contribution is -2.42. The number of ether oxygens (including phenoxy) is 1. The number of hydrogen-bond donors (Lipinski definition) is 3. The third-order valence-electron chi connectivity index (χ3n) is 5.30. The van der Waals surface area contributed by atoms with Crippen molar-refractivity contribution in [3.05, 3.63) is 53.6 Å². The molecule has 0 radical (unpaired) electrons. The smallest absolute Gasteiger partial charge is 0.231 e. The van der Waals surface area contributed by atoms with Crippen molar-refractivity contribution in [1.29, 1.82) is 0 Å². The van der Waals surface area contributed by atoms with Crippen LogP contribution in [0, 0.1) is 25.2 Å². The number of rotatable bonds is 9. The van der Waals surface area contributed by atoms with Gasteiger partial charge >= 0.3 is 0 Å². The number of aryl methyl sites for hydroxylation is 2. The van der Waals surface area contributed by atoms with Crippen LogP contribution in [0.15, 0.2) is 42.5 Å². The maximum absolute atomic E-state index is 12.8. The molecule has 2 aromatic rings. The third kappa shape index (κ3) is 8.50. The van der Waals surface area contributed by atoms with Crippen LogP contribution in [-0.4, -0.2) is 23.5 Å². The van der Waals surface area contributed by atoms with E-state index in [1.165, 1.54) is 0 Å². The van der Waals surface area contributed by atoms with Crippen LogP contribution in [0.25, 0.3) is 0 Å². The fourth-order valence-corrected chi connectivity index (χ4v) is 3.28. The van der Waals surface area contributed by atoms with Gasteiger partial charge in [0.1, 0.15) is 5.75 Å². The maximum atomic E-state index is 12.8. The Morgan fingerprint density at radius 3 is 2.36 bits per heavy atom. The molecule has 0 unspecified atom stereocenters. The van der Waals surface area contributed by atoms with Gasteiger partial charge in [-0.25, -0.2) is 0 Å². The first kappa shape index (κ1) is 26.3. The third-order valence-corrected chi connectivity index (χ3v) is 5.51. The van der Waals surface area contributed by atoms with Crippen LogP contribution in [0.5, 0.6) is 5.75 Å². The average molecular weight is 470 g/mol. The second kappa shape index (κ2) is 11.8. The second-order valence-corrected chi connectivity index (χ2v) is 9.65. The zero-order chi connectivity index (χ0) is 24.6. The van der Waals surface area contributed by atoms with Crippen molar-refractivity contribution in [1.82, 2.24) is 5.32 Å². The molecule has 0 aliphatic carbocycles. The summed E-state index contributed by atoms with van der Waals surface area (Å²) in [5.74, 6) is 0.548. The van der Waals surface area contributed by atoms with Gasteiger partial charge in [0.05, 0.1) is 6.61 Å². The second-order valence-electron chi connectivity index (χ2n) is 9.24. The largest absolute Gasteiger partial charge is 0.493 e. The van der Waals surface area contributed by atoms with Crippen LogP contribution in [-0.2, 0) is 9.59 Å². The number of benzene rings is 2. The van der Waals surface area contributed by atoms with Crippen LogP contribution in [0.2, 0.25) is 0 Å². The van der Waals surface area contributed by atoms with Gasteiger partial charge in [0, 0.05) is 22.7 Å². The molecule has 0 spiro atoms. The van der Waals surface area contributed by atoms with E-state index in [-0.39, 0.29) is 22.8 Å². The van der Waals surface area contributed by atoms with E-state index in [9.17, 15) is 9.59 Å². The molecule has 6 nitrogen and oxygen atoms in total. The molecule has 2 aromatic carbocycles. The van der Waals surface area contributed by atoms with Crippen LogP contribution >= 0.6 is 12.2 Å². The van der Waals surface area contributed by atoms with Crippen molar-refractivity contribution in [2.24, 2.45) is 11.3 Å². The molecule has 7 heteroatoms. The zero-order valence-corrected chi connectivity index (χ0v) is 21.2. The summed E-state index contributed by atoms with van der Waals surface area (Å²) < 4.78 is 5.91. The molecule has 0 aromatic heterocycles. The summed E-state index contributed by atoms with van der Waals surface area (Å²) in [6.45, 7) is 12.1. The standard InChI is InChI=1S/C26H35N3O3S/c1-17(2)23(30)27-20-9-7-10-21(16-20)28-25(33)29-24(31)26(5,6)13-8-14-32-22-15-18(3)11-12-19(22)4/h7,9-12,15-17H,8,13-14H2,1-6H3,(H,27,30)(H2,28,29,31,33). The topological polar surface area (TPSA) is 79.5 Å². The molecule has 0 bridgehead atoms. The summed E-state index contributed by atoms with van der Waals surface area (Å²) in [5, 5.41) is 8.85. The lowest BCUT2D eigenvalue weighted by molar-refractivity contribution is -0.128. The number of hydrogen-bond acceptors (Lipinski definition) is 4. The lowest BCUT2D eigenvalue weighted by Gasteiger charge is -2.24. The van der Waals surface area contributed by atoms with Gasteiger partial charge in [-0.15, -0.1) is 0 Å². The van der Waals surface area contributed by atoms with Gasteiger partial charge in [0.2, 0.25) is 11.8 Å². The van der Waals surface area contributed by atoms with E-state index in [1.807, 2.05) is 65.8 Å². The van der Waals surface area contributed by atoms with Crippen molar-refractivity contribution >= 4 is 40.5 Å². The minimum absolute atomic E-state index is 0.0636. The summed E-state index contributed by atoms with van der Waals surface area (Å²) >= 11 is 5.32. The fraction of sp³-hybridized carbons (Fsp3) is 0.423. The molecule has 33 heavy (non-hydrogen) atoms. The predicted molar refractivity (Wildman–Crippen MR) is 139 cm³/mol. The van der Waals surface area contributed by atoms with Gasteiger partial charge in [0.15, 0.2) is 5.11 Å². The number of amides is 2. The summed E-state index contributed by atoms with van der Waals surface area (Å²) in [7, 11) is 0. The first-order valence-corrected chi connectivity index (χ1v) is 11.6. The minimum Gasteiger partial charge on any atom is -0.493 e. The quantitative estimate of drug-likeness (QED) is 0.329. The van der Waals surface area contributed by atoms with Crippen LogP contribution in [0.4, 0.5) is 11.4 Å². The van der Waals surface area contributed by atoms with Crippen molar-refractivity contribution in [3.8, 4) is 5.75 Å². The SMILES string of the molecule is Cc1ccc(C)c(OCCCC(C)(C)C(=O)NC(=S)Nc2cccc(NC(=O)C(C)C)c2)c1. The summed E-state index contributed by atoms with van der Waals surface area (Å²) in [6, 6.07) is 13.3. The molecule has 0 heterocycles. The van der Waals surface area contributed by atoms with Gasteiger partial charge < -0.3 is 20.7 Å². The van der Waals surface area contributed by atoms with Crippen molar-refractivity contribution in [2.75, 3.05) is 17.2 Å². The van der Waals surface area contributed by atoms with Crippen molar-refractivity contribution in [3.63, 3.8) is 0 Å². The Balaban J connectivity index is 1.83. The molecule has 0 saturated carbocycles. The molecule has 0 atom stereocenters. The van der Waals surface area contributed by atoms with E-state index in [1.54, 1.807) is 12.1 Å². The number of thiocarbonyl (C=S) groups is 1. The highest BCUT2D eigenvalue weighted by molar-refractivity contribution is 7.80. The van der Waals surface area contributed by atoms with Crippen molar-refractivity contribution < 1.29 is 14.3 Å². The number of carbonyl (C=O) groups is 2. The van der Waals surface area contributed by atoms with E-state index >= 15 is 0 Å².